The van der Waals surface area contributed by atoms with Gasteiger partial charge < -0.3 is 33.6 Å². The molecule has 0 aromatic heterocycles. The third kappa shape index (κ3) is 5.31. The molecule has 272 valence electrons. The maximum absolute atomic E-state index is 12.1. The van der Waals surface area contributed by atoms with E-state index < -0.39 is 26.4 Å². The molecule has 2 N–H and O–H groups in total. The number of phenolic OH excluding ortho intramolecular Hbond substituents is 2. The number of fused-ring (bicyclic) bond motifs is 7. The Hall–Kier alpha value is -3.61. The van der Waals surface area contributed by atoms with Gasteiger partial charge >= 0.3 is 0 Å². The van der Waals surface area contributed by atoms with Gasteiger partial charge in [-0.25, -0.2) is 0 Å². The summed E-state index contributed by atoms with van der Waals surface area (Å²) in [5.41, 5.74) is 5.39. The fraction of sp³-hybridized carbons (Fsp3) is 0.615. The van der Waals surface area contributed by atoms with Gasteiger partial charge in [-0.2, -0.15) is 5.26 Å². The number of hydrogen-bond acceptors (Lipinski definition) is 10. The fourth-order valence-corrected chi connectivity index (χ4v) is 15.7. The van der Waals surface area contributed by atoms with Crippen LogP contribution in [-0.4, -0.2) is 88.0 Å². The lowest BCUT2D eigenvalue weighted by atomic mass is 9.71. The van der Waals surface area contributed by atoms with Crippen molar-refractivity contribution in [2.45, 2.75) is 115 Å². The summed E-state index contributed by atoms with van der Waals surface area (Å²) in [6.45, 7) is 17.8. The minimum atomic E-state index is -2.41. The van der Waals surface area contributed by atoms with Crippen molar-refractivity contribution in [1.82, 2.24) is 9.80 Å². The van der Waals surface area contributed by atoms with Crippen molar-refractivity contribution in [3.05, 3.63) is 33.4 Å². The fourth-order valence-electron chi connectivity index (χ4n) is 10.3. The first-order valence-corrected chi connectivity index (χ1v) is 19.8. The monoisotopic (exact) mass is 705 g/mol. The van der Waals surface area contributed by atoms with Crippen LogP contribution in [0.1, 0.15) is 87.0 Å². The number of aromatic hydroxyl groups is 2. The molecule has 0 unspecified atom stereocenters. The molecule has 1 saturated heterocycles. The summed E-state index contributed by atoms with van der Waals surface area (Å²) in [5, 5.41) is 35.2. The number of terminal acetylenes is 1. The SMILES string of the molecule is C#CCN1[C@@H]2c3c(O)c(OC)c(C)c(OC)c3C[C@H]1[C@H](C#N)N1[C@@H](CO[Si](C(C)C)(C(C)C)C(C)C)c3c(O)c(OC)c(C)c(OC)c3C[C@@H]21. The summed E-state index contributed by atoms with van der Waals surface area (Å²) in [4.78, 5) is 4.42. The number of rotatable bonds is 11. The first-order chi connectivity index (χ1) is 23.7. The predicted octanol–water partition coefficient (Wildman–Crippen LogP) is 6.72. The first-order valence-electron chi connectivity index (χ1n) is 17.7. The highest BCUT2D eigenvalue weighted by Gasteiger charge is 2.58. The minimum absolute atomic E-state index is 0.0360. The molecule has 3 heterocycles. The predicted molar refractivity (Wildman–Crippen MR) is 196 cm³/mol. The number of benzene rings is 2. The Kier molecular flexibility index (Phi) is 10.7. The molecule has 3 aliphatic rings. The van der Waals surface area contributed by atoms with Crippen LogP contribution in [0.3, 0.4) is 0 Å². The number of ether oxygens (including phenoxy) is 4. The van der Waals surface area contributed by atoms with E-state index in [-0.39, 0.29) is 36.7 Å². The Labute approximate surface area is 299 Å². The molecule has 2 bridgehead atoms. The molecule has 50 heavy (non-hydrogen) atoms. The Bertz CT molecular complexity index is 1690. The molecular formula is C39H55N3O7Si. The van der Waals surface area contributed by atoms with Crippen molar-refractivity contribution >= 4 is 8.32 Å². The molecule has 0 aliphatic carbocycles. The smallest absolute Gasteiger partial charge is 0.200 e. The number of hydrogen-bond donors (Lipinski definition) is 2. The Balaban J connectivity index is 1.85. The van der Waals surface area contributed by atoms with Crippen molar-refractivity contribution in [3.8, 4) is 52.9 Å². The lowest BCUT2D eigenvalue weighted by molar-refractivity contribution is -0.0873. The highest BCUT2D eigenvalue weighted by molar-refractivity contribution is 6.77. The maximum atomic E-state index is 12.1. The van der Waals surface area contributed by atoms with Crippen LogP contribution in [0.2, 0.25) is 16.6 Å². The summed E-state index contributed by atoms with van der Waals surface area (Å²) < 4.78 is 31.0. The second-order valence-electron chi connectivity index (χ2n) is 14.9. The van der Waals surface area contributed by atoms with Gasteiger partial charge in [0.25, 0.3) is 0 Å². The Morgan fingerprint density at radius 3 is 1.68 bits per heavy atom. The van der Waals surface area contributed by atoms with E-state index in [1.54, 1.807) is 28.4 Å². The summed E-state index contributed by atoms with van der Waals surface area (Å²) in [6, 6.07) is 0.353. The van der Waals surface area contributed by atoms with Crippen LogP contribution in [0.15, 0.2) is 0 Å². The number of nitrogens with zero attached hydrogens (tertiary/aromatic N) is 3. The summed E-state index contributed by atoms with van der Waals surface area (Å²) >= 11 is 0. The van der Waals surface area contributed by atoms with E-state index in [0.717, 1.165) is 11.1 Å². The normalized spacial score (nSPS) is 23.2. The molecular weight excluding hydrogens is 651 g/mol. The highest BCUT2D eigenvalue weighted by Crippen LogP contribution is 2.59. The molecule has 2 aromatic rings. The number of phenols is 2. The average Bonchev–Trinajstić information content (AvgIpc) is 3.05. The zero-order chi connectivity index (χ0) is 37.0. The standard InChI is InChI=1S/C39H55N3O7Si/c1-14-15-41-27-16-26-32(35(44)39(48-13)24(9)37(26)46-11)33(41)28-17-25-31(34(43)38(47-12)23(8)36(25)45-10)30(42(28)29(27)18-40)19-49-50(20(2)3,21(4)5)22(6)7/h1,20-22,27-30,33,43-44H,15-17,19H2,2-13H3/t27-,28-,29-,30-,33-/m0/s1. The second-order valence-corrected chi connectivity index (χ2v) is 20.4. The van der Waals surface area contributed by atoms with Crippen LogP contribution in [0.25, 0.3) is 0 Å². The van der Waals surface area contributed by atoms with Crippen LogP contribution >= 0.6 is 0 Å². The zero-order valence-electron chi connectivity index (χ0n) is 31.8. The maximum Gasteiger partial charge on any atom is 0.200 e. The van der Waals surface area contributed by atoms with Crippen LogP contribution in [0.4, 0.5) is 0 Å². The van der Waals surface area contributed by atoms with Crippen LogP contribution < -0.4 is 18.9 Å². The van der Waals surface area contributed by atoms with Crippen molar-refractivity contribution in [1.29, 1.82) is 5.26 Å². The molecule has 10 nitrogen and oxygen atoms in total. The molecule has 1 fully saturated rings. The largest absolute Gasteiger partial charge is 0.504 e. The number of nitriles is 1. The van der Waals surface area contributed by atoms with Gasteiger partial charge in [-0.05, 0) is 43.3 Å². The van der Waals surface area contributed by atoms with Crippen LogP contribution in [0, 0.1) is 37.5 Å². The van der Waals surface area contributed by atoms with E-state index in [9.17, 15) is 15.5 Å². The molecule has 2 aromatic carbocycles. The van der Waals surface area contributed by atoms with E-state index >= 15 is 0 Å². The van der Waals surface area contributed by atoms with Crippen molar-refractivity contribution in [2.75, 3.05) is 41.6 Å². The van der Waals surface area contributed by atoms with Crippen molar-refractivity contribution < 1.29 is 33.6 Å². The minimum Gasteiger partial charge on any atom is -0.504 e. The summed E-state index contributed by atoms with van der Waals surface area (Å²) in [5.74, 6) is 4.89. The van der Waals surface area contributed by atoms with E-state index in [2.05, 4.69) is 63.3 Å². The quantitative estimate of drug-likeness (QED) is 0.193. The van der Waals surface area contributed by atoms with Gasteiger partial charge in [-0.1, -0.05) is 47.5 Å². The van der Waals surface area contributed by atoms with Gasteiger partial charge in [0.1, 0.15) is 17.5 Å². The molecule has 0 spiro atoms. The van der Waals surface area contributed by atoms with Crippen molar-refractivity contribution in [3.63, 3.8) is 0 Å². The van der Waals surface area contributed by atoms with Gasteiger partial charge in [-0.15, -0.1) is 6.42 Å². The molecule has 3 aliphatic heterocycles. The third-order valence-electron chi connectivity index (χ3n) is 12.0. The van der Waals surface area contributed by atoms with E-state index in [1.165, 1.54) is 0 Å². The lowest BCUT2D eigenvalue weighted by Gasteiger charge is -2.60. The van der Waals surface area contributed by atoms with Crippen LogP contribution in [-0.2, 0) is 17.3 Å². The molecule has 0 radical (unpaired) electrons. The first kappa shape index (κ1) is 37.6. The molecule has 5 rings (SSSR count). The van der Waals surface area contributed by atoms with Gasteiger partial charge in [0, 0.05) is 45.5 Å². The van der Waals surface area contributed by atoms with Gasteiger partial charge in [0.15, 0.2) is 31.3 Å². The average molecular weight is 706 g/mol. The number of methoxy groups -OCH3 is 4. The molecule has 5 atom stereocenters. The Morgan fingerprint density at radius 1 is 0.780 bits per heavy atom. The molecule has 0 amide bonds. The van der Waals surface area contributed by atoms with E-state index in [0.29, 0.717) is 74.7 Å². The third-order valence-corrected chi connectivity index (χ3v) is 18.0. The van der Waals surface area contributed by atoms with Crippen molar-refractivity contribution in [2.24, 2.45) is 0 Å². The van der Waals surface area contributed by atoms with Gasteiger partial charge in [0.05, 0.1) is 59.7 Å². The van der Waals surface area contributed by atoms with Gasteiger partial charge in [-0.3, -0.25) is 9.80 Å². The number of piperazine rings is 1. The Morgan fingerprint density at radius 2 is 1.24 bits per heavy atom. The van der Waals surface area contributed by atoms with E-state index in [1.807, 2.05) is 13.8 Å². The molecule has 11 heteroatoms. The summed E-state index contributed by atoms with van der Waals surface area (Å²) in [7, 11) is 3.93. The van der Waals surface area contributed by atoms with Gasteiger partial charge in [0.2, 0.25) is 0 Å². The zero-order valence-corrected chi connectivity index (χ0v) is 32.8. The van der Waals surface area contributed by atoms with E-state index in [4.69, 9.17) is 29.8 Å². The lowest BCUT2D eigenvalue weighted by Crippen LogP contribution is -2.69. The topological polar surface area (TPSA) is 117 Å². The highest BCUT2D eigenvalue weighted by atomic mass is 28.4. The summed E-state index contributed by atoms with van der Waals surface area (Å²) in [6.07, 6.45) is 6.86. The van der Waals surface area contributed by atoms with Crippen LogP contribution in [0.5, 0.6) is 34.5 Å². The molecule has 0 saturated carbocycles. The second kappa shape index (κ2) is 14.2.